The number of imidazole rings is 1. The molecule has 8 rings (SSSR count). The first-order valence-corrected chi connectivity index (χ1v) is 26.5. The van der Waals surface area contributed by atoms with Gasteiger partial charge in [-0.1, -0.05) is 119 Å². The lowest BCUT2D eigenvalue weighted by Crippen LogP contribution is -2.39. The quantitative estimate of drug-likeness (QED) is 0.0184. The first-order chi connectivity index (χ1) is 36.9. The molecule has 0 N–H and O–H groups in total. The number of nitrogens with zero attached hydrogens (tertiary/aromatic N) is 9. The number of fused-ring (bicyclic) bond motifs is 1. The van der Waals surface area contributed by atoms with Crippen molar-refractivity contribution >= 4 is 49.3 Å². The molecular formula is C58H66N9O8P. The molecular weight excluding hydrogens is 982 g/mol. The van der Waals surface area contributed by atoms with Crippen molar-refractivity contribution in [1.29, 1.82) is 5.26 Å². The van der Waals surface area contributed by atoms with Crippen LogP contribution in [0.3, 0.4) is 0 Å². The molecule has 0 radical (unpaired) electrons. The highest BCUT2D eigenvalue weighted by molar-refractivity contribution is 7.44. The van der Waals surface area contributed by atoms with Crippen LogP contribution in [-0.2, 0) is 24.1 Å². The fourth-order valence-electron chi connectivity index (χ4n) is 8.96. The molecule has 76 heavy (non-hydrogen) atoms. The lowest BCUT2D eigenvalue weighted by molar-refractivity contribution is -0.0910. The van der Waals surface area contributed by atoms with E-state index in [1.165, 1.54) is 4.90 Å². The predicted octanol–water partition coefficient (Wildman–Crippen LogP) is 11.9. The van der Waals surface area contributed by atoms with E-state index < -0.39 is 38.7 Å². The Kier molecular flexibility index (Phi) is 18.8. The van der Waals surface area contributed by atoms with Gasteiger partial charge in [-0.05, 0) is 77.1 Å². The molecule has 5 aromatic carbocycles. The number of para-hydroxylation sites is 2. The maximum atomic E-state index is 14.4. The average molecular weight is 1050 g/mol. The van der Waals surface area contributed by atoms with E-state index in [-0.39, 0.29) is 43.3 Å². The number of rotatable bonds is 24. The van der Waals surface area contributed by atoms with Gasteiger partial charge in [-0.3, -0.25) is 4.57 Å². The average Bonchev–Trinajstić information content (AvgIpc) is 4.07. The van der Waals surface area contributed by atoms with Crippen molar-refractivity contribution in [2.75, 3.05) is 59.5 Å². The standard InChI is InChI=1S/C58H66N9O8P/c1-41(2)36-65(37-42(3)4)76(72-34-18-33-59)75-50-35-52(73-51(50)38-71-58(43-19-12-9-13-20-43,44-25-29-48(69-7)30-26-44)45-27-31-49(70-8)32-28-45)66-40-60-53-54(61-39-64(5)6)62-56(63-55(53)66)74-57(68)67(46-21-14-10-15-22-46)47-23-16-11-17-24-47/h9-17,19-32,39-42,50-52H,18,34-38H2,1-8H3/t50-,51-,52-,76?/m1/s1. The van der Waals surface area contributed by atoms with Crippen LogP contribution in [0.2, 0.25) is 0 Å². The molecule has 1 fully saturated rings. The zero-order chi connectivity index (χ0) is 53.6. The van der Waals surface area contributed by atoms with Gasteiger partial charge in [0.05, 0.1) is 70.1 Å². The number of benzene rings is 5. The molecule has 1 unspecified atom stereocenters. The van der Waals surface area contributed by atoms with Gasteiger partial charge in [0.15, 0.2) is 17.0 Å². The van der Waals surface area contributed by atoms with Crippen LogP contribution in [0.5, 0.6) is 17.5 Å². The minimum Gasteiger partial charge on any atom is -0.497 e. The summed E-state index contributed by atoms with van der Waals surface area (Å²) < 4.78 is 49.8. The van der Waals surface area contributed by atoms with Crippen molar-refractivity contribution in [2.24, 2.45) is 16.8 Å². The monoisotopic (exact) mass is 1050 g/mol. The molecule has 1 amide bonds. The second-order valence-corrected chi connectivity index (χ2v) is 20.7. The Morgan fingerprint density at radius 1 is 0.816 bits per heavy atom. The third-order valence-corrected chi connectivity index (χ3v) is 14.0. The Morgan fingerprint density at radius 2 is 1.37 bits per heavy atom. The summed E-state index contributed by atoms with van der Waals surface area (Å²) in [6.07, 6.45) is 0.881. The van der Waals surface area contributed by atoms with Gasteiger partial charge in [0.1, 0.15) is 29.4 Å². The molecule has 18 heteroatoms. The topological polar surface area (TPSA) is 171 Å². The number of anilines is 2. The van der Waals surface area contributed by atoms with Crippen LogP contribution in [0.15, 0.2) is 151 Å². The van der Waals surface area contributed by atoms with Crippen LogP contribution in [0.25, 0.3) is 11.2 Å². The molecule has 1 aliphatic heterocycles. The van der Waals surface area contributed by atoms with Gasteiger partial charge >= 0.3 is 12.1 Å². The molecule has 1 saturated heterocycles. The van der Waals surface area contributed by atoms with Crippen LogP contribution in [0, 0.1) is 23.2 Å². The predicted molar refractivity (Wildman–Crippen MR) is 294 cm³/mol. The van der Waals surface area contributed by atoms with Gasteiger partial charge < -0.3 is 37.6 Å². The second-order valence-electron chi connectivity index (χ2n) is 19.2. The normalized spacial score (nSPS) is 16.1. The Bertz CT molecular complexity index is 2920. The molecule has 0 spiro atoms. The lowest BCUT2D eigenvalue weighted by Gasteiger charge is -2.38. The summed E-state index contributed by atoms with van der Waals surface area (Å²) in [6, 6.07) is 46.2. The van der Waals surface area contributed by atoms with E-state index in [4.69, 9.17) is 42.7 Å². The largest absolute Gasteiger partial charge is 0.497 e. The van der Waals surface area contributed by atoms with Crippen molar-refractivity contribution in [3.8, 4) is 23.6 Å². The molecule has 7 aromatic rings. The number of ether oxygens (including phenoxy) is 5. The summed E-state index contributed by atoms with van der Waals surface area (Å²) in [7, 11) is 5.23. The SMILES string of the molecule is COc1ccc(C(OC[C@H]2O[C@@H](n3cnc4c(N=CN(C)C)nc(OC(=O)N(c5ccccc5)c5ccccc5)nc43)C[C@H]2OP(OCCC#N)N(CC(C)C)CC(C)C)(c2ccccc2)c2ccc(OC)cc2)cc1. The molecule has 2 aromatic heterocycles. The van der Waals surface area contributed by atoms with Crippen LogP contribution < -0.4 is 19.1 Å². The molecule has 17 nitrogen and oxygen atoms in total. The van der Waals surface area contributed by atoms with Gasteiger partial charge in [0.25, 0.3) is 8.53 Å². The Morgan fingerprint density at radius 3 is 1.89 bits per heavy atom. The van der Waals surface area contributed by atoms with E-state index in [0.29, 0.717) is 53.5 Å². The zero-order valence-corrected chi connectivity index (χ0v) is 45.2. The number of aromatic nitrogens is 4. The Labute approximate surface area is 446 Å². The highest BCUT2D eigenvalue weighted by Crippen LogP contribution is 2.50. The van der Waals surface area contributed by atoms with Crippen LogP contribution in [0.1, 0.15) is 63.5 Å². The van der Waals surface area contributed by atoms with Gasteiger partial charge in [0.2, 0.25) is 0 Å². The van der Waals surface area contributed by atoms with Crippen molar-refractivity contribution in [2.45, 2.75) is 64.6 Å². The molecule has 396 valence electrons. The maximum Gasteiger partial charge on any atom is 0.426 e. The number of hydrogen-bond acceptors (Lipinski definition) is 14. The fourth-order valence-corrected chi connectivity index (χ4v) is 10.9. The molecule has 3 heterocycles. The highest BCUT2D eigenvalue weighted by atomic mass is 31.2. The zero-order valence-electron chi connectivity index (χ0n) is 44.3. The summed E-state index contributed by atoms with van der Waals surface area (Å²) in [5.41, 5.74) is 3.23. The van der Waals surface area contributed by atoms with E-state index in [0.717, 1.165) is 16.7 Å². The smallest absolute Gasteiger partial charge is 0.426 e. The summed E-state index contributed by atoms with van der Waals surface area (Å²) in [5.74, 6) is 2.15. The first kappa shape index (κ1) is 55.0. The van der Waals surface area contributed by atoms with E-state index >= 15 is 0 Å². The molecule has 1 aliphatic rings. The summed E-state index contributed by atoms with van der Waals surface area (Å²) >= 11 is 0. The Balaban J connectivity index is 1.23. The van der Waals surface area contributed by atoms with Crippen molar-refractivity contribution < 1.29 is 37.5 Å². The van der Waals surface area contributed by atoms with Gasteiger partial charge in [-0.15, -0.1) is 0 Å². The molecule has 0 saturated carbocycles. The number of methoxy groups -OCH3 is 2. The van der Waals surface area contributed by atoms with Gasteiger partial charge in [-0.25, -0.2) is 24.3 Å². The number of carbonyl (C=O) groups excluding carboxylic acids is 1. The van der Waals surface area contributed by atoms with E-state index in [2.05, 4.69) is 60.5 Å². The third kappa shape index (κ3) is 13.2. The van der Waals surface area contributed by atoms with Gasteiger partial charge in [0, 0.05) is 33.6 Å². The minimum atomic E-state index is -1.73. The number of carbonyl (C=O) groups is 1. The van der Waals surface area contributed by atoms with Crippen LogP contribution >= 0.6 is 8.53 Å². The summed E-state index contributed by atoms with van der Waals surface area (Å²) in [5, 5.41) is 9.64. The molecule has 0 aliphatic carbocycles. The fraction of sp³-hybridized carbons (Fsp3) is 0.345. The molecule has 4 atom stereocenters. The Hall–Kier alpha value is -7.29. The van der Waals surface area contributed by atoms with Crippen molar-refractivity contribution in [3.05, 3.63) is 163 Å². The van der Waals surface area contributed by atoms with Crippen molar-refractivity contribution in [1.82, 2.24) is 29.1 Å². The summed E-state index contributed by atoms with van der Waals surface area (Å²) in [6.45, 7) is 10.3. The number of hydrogen-bond donors (Lipinski definition) is 0. The lowest BCUT2D eigenvalue weighted by atomic mass is 9.80. The maximum absolute atomic E-state index is 14.4. The number of amides is 1. The first-order valence-electron chi connectivity index (χ1n) is 25.3. The van der Waals surface area contributed by atoms with Crippen LogP contribution in [-0.4, -0.2) is 108 Å². The van der Waals surface area contributed by atoms with Gasteiger partial charge in [-0.2, -0.15) is 15.2 Å². The summed E-state index contributed by atoms with van der Waals surface area (Å²) in [4.78, 5) is 36.5. The molecule has 0 bridgehead atoms. The van der Waals surface area contributed by atoms with E-state index in [1.54, 1.807) is 36.4 Å². The highest BCUT2D eigenvalue weighted by Gasteiger charge is 2.45. The second kappa shape index (κ2) is 26.0. The third-order valence-electron chi connectivity index (χ3n) is 12.3. The number of aliphatic imine (C=N–C) groups is 1. The van der Waals surface area contributed by atoms with Crippen molar-refractivity contribution in [3.63, 3.8) is 0 Å². The minimum absolute atomic E-state index is 0.0293. The van der Waals surface area contributed by atoms with Crippen LogP contribution in [0.4, 0.5) is 22.0 Å². The van der Waals surface area contributed by atoms with E-state index in [9.17, 15) is 10.1 Å². The van der Waals surface area contributed by atoms with E-state index in [1.807, 2.05) is 141 Å². The number of nitriles is 1.